The average Bonchev–Trinajstić information content (AvgIpc) is 3.06. The van der Waals surface area contributed by atoms with Gasteiger partial charge in [0.25, 0.3) is 0 Å². The van der Waals surface area contributed by atoms with Gasteiger partial charge >= 0.3 is 0 Å². The van der Waals surface area contributed by atoms with E-state index in [9.17, 15) is 0 Å². The van der Waals surface area contributed by atoms with Crippen molar-refractivity contribution in [2.75, 3.05) is 39.3 Å². The molecule has 134 valence electrons. The van der Waals surface area contributed by atoms with Crippen LogP contribution in [0.3, 0.4) is 0 Å². The van der Waals surface area contributed by atoms with Crippen LogP contribution in [0.5, 0.6) is 0 Å². The lowest BCUT2D eigenvalue weighted by atomic mass is 10.0. The smallest absolute Gasteiger partial charge is 0.191 e. The van der Waals surface area contributed by atoms with Crippen molar-refractivity contribution in [1.29, 1.82) is 0 Å². The Morgan fingerprint density at radius 2 is 2.00 bits per heavy atom. The van der Waals surface area contributed by atoms with Crippen LogP contribution in [0.2, 0.25) is 0 Å². The predicted octanol–water partition coefficient (Wildman–Crippen LogP) is 3.00. The van der Waals surface area contributed by atoms with Gasteiger partial charge in [-0.1, -0.05) is 43.7 Å². The SMILES string of the molecule is CCNC(=NCC(C)c1ccc(C)cc1)NCC1CCN(CC)C1. The third-order valence-electron chi connectivity index (χ3n) is 4.89. The molecule has 1 fully saturated rings. The third kappa shape index (κ3) is 5.82. The summed E-state index contributed by atoms with van der Waals surface area (Å²) >= 11 is 0. The van der Waals surface area contributed by atoms with E-state index >= 15 is 0 Å². The number of rotatable bonds is 7. The molecule has 0 saturated carbocycles. The minimum atomic E-state index is 0.433. The highest BCUT2D eigenvalue weighted by molar-refractivity contribution is 5.79. The maximum Gasteiger partial charge on any atom is 0.191 e. The molecule has 1 aromatic rings. The molecule has 4 heteroatoms. The van der Waals surface area contributed by atoms with Crippen LogP contribution in [-0.4, -0.2) is 50.1 Å². The summed E-state index contributed by atoms with van der Waals surface area (Å²) in [5, 5.41) is 6.91. The maximum atomic E-state index is 4.79. The van der Waals surface area contributed by atoms with Gasteiger partial charge in [-0.3, -0.25) is 4.99 Å². The van der Waals surface area contributed by atoms with E-state index in [2.05, 4.69) is 67.5 Å². The quantitative estimate of drug-likeness (QED) is 0.596. The lowest BCUT2D eigenvalue weighted by Crippen LogP contribution is -2.40. The van der Waals surface area contributed by atoms with E-state index in [1.165, 1.54) is 37.2 Å². The van der Waals surface area contributed by atoms with Gasteiger partial charge in [-0.15, -0.1) is 0 Å². The Hall–Kier alpha value is -1.55. The molecule has 1 aliphatic heterocycles. The summed E-state index contributed by atoms with van der Waals surface area (Å²) in [6.07, 6.45) is 1.29. The Morgan fingerprint density at radius 1 is 1.25 bits per heavy atom. The first-order valence-electron chi connectivity index (χ1n) is 9.43. The van der Waals surface area contributed by atoms with E-state index in [1.54, 1.807) is 0 Å². The molecule has 0 aliphatic carbocycles. The third-order valence-corrected chi connectivity index (χ3v) is 4.89. The number of aryl methyl sites for hydroxylation is 1. The zero-order chi connectivity index (χ0) is 17.4. The van der Waals surface area contributed by atoms with Crippen LogP contribution in [0.1, 0.15) is 44.2 Å². The fourth-order valence-electron chi connectivity index (χ4n) is 3.18. The zero-order valence-corrected chi connectivity index (χ0v) is 15.8. The lowest BCUT2D eigenvalue weighted by Gasteiger charge is -2.17. The van der Waals surface area contributed by atoms with E-state index in [4.69, 9.17) is 4.99 Å². The van der Waals surface area contributed by atoms with Crippen LogP contribution in [0.25, 0.3) is 0 Å². The molecule has 1 aromatic carbocycles. The van der Waals surface area contributed by atoms with Crippen molar-refractivity contribution < 1.29 is 0 Å². The number of hydrogen-bond acceptors (Lipinski definition) is 2. The van der Waals surface area contributed by atoms with E-state index < -0.39 is 0 Å². The molecule has 2 unspecified atom stereocenters. The van der Waals surface area contributed by atoms with Crippen molar-refractivity contribution in [3.63, 3.8) is 0 Å². The summed E-state index contributed by atoms with van der Waals surface area (Å²) in [4.78, 5) is 7.32. The summed E-state index contributed by atoms with van der Waals surface area (Å²) in [5.74, 6) is 2.12. The monoisotopic (exact) mass is 330 g/mol. The highest BCUT2D eigenvalue weighted by atomic mass is 15.2. The lowest BCUT2D eigenvalue weighted by molar-refractivity contribution is 0.342. The highest BCUT2D eigenvalue weighted by Gasteiger charge is 2.21. The number of guanidine groups is 1. The molecular formula is C20H34N4. The summed E-state index contributed by atoms with van der Waals surface area (Å²) in [6.45, 7) is 15.1. The Balaban J connectivity index is 1.84. The van der Waals surface area contributed by atoms with Gasteiger partial charge < -0.3 is 15.5 Å². The molecule has 1 heterocycles. The zero-order valence-electron chi connectivity index (χ0n) is 15.8. The number of hydrogen-bond donors (Lipinski definition) is 2. The molecule has 2 atom stereocenters. The number of nitrogens with zero attached hydrogens (tertiary/aromatic N) is 2. The average molecular weight is 331 g/mol. The van der Waals surface area contributed by atoms with Gasteiger partial charge in [-0.2, -0.15) is 0 Å². The fraction of sp³-hybridized carbons (Fsp3) is 0.650. The summed E-state index contributed by atoms with van der Waals surface area (Å²) in [5.41, 5.74) is 2.66. The Labute approximate surface area is 147 Å². The minimum absolute atomic E-state index is 0.433. The summed E-state index contributed by atoms with van der Waals surface area (Å²) in [6, 6.07) is 8.79. The number of nitrogens with one attached hydrogen (secondary N) is 2. The van der Waals surface area contributed by atoms with Gasteiger partial charge in [0.1, 0.15) is 0 Å². The van der Waals surface area contributed by atoms with Crippen LogP contribution in [0.4, 0.5) is 0 Å². The molecule has 0 aromatic heterocycles. The number of likely N-dealkylation sites (tertiary alicyclic amines) is 1. The topological polar surface area (TPSA) is 39.7 Å². The number of benzene rings is 1. The van der Waals surface area contributed by atoms with Crippen molar-refractivity contribution >= 4 is 5.96 Å². The van der Waals surface area contributed by atoms with E-state index in [0.717, 1.165) is 31.5 Å². The van der Waals surface area contributed by atoms with E-state index in [1.807, 2.05) is 0 Å². The highest BCUT2D eigenvalue weighted by Crippen LogP contribution is 2.16. The minimum Gasteiger partial charge on any atom is -0.357 e. The molecule has 0 radical (unpaired) electrons. The first kappa shape index (κ1) is 18.8. The summed E-state index contributed by atoms with van der Waals surface area (Å²) in [7, 11) is 0. The molecule has 1 aliphatic rings. The molecule has 0 bridgehead atoms. The van der Waals surface area contributed by atoms with Crippen LogP contribution in [0.15, 0.2) is 29.3 Å². The molecule has 0 amide bonds. The largest absolute Gasteiger partial charge is 0.357 e. The Bertz CT molecular complexity index is 509. The molecule has 0 spiro atoms. The molecule has 4 nitrogen and oxygen atoms in total. The van der Waals surface area contributed by atoms with E-state index in [0.29, 0.717) is 5.92 Å². The van der Waals surface area contributed by atoms with Crippen molar-refractivity contribution in [2.45, 2.75) is 40.0 Å². The van der Waals surface area contributed by atoms with Crippen LogP contribution >= 0.6 is 0 Å². The van der Waals surface area contributed by atoms with Gasteiger partial charge in [0.15, 0.2) is 5.96 Å². The first-order chi connectivity index (χ1) is 11.6. The summed E-state index contributed by atoms with van der Waals surface area (Å²) < 4.78 is 0. The fourth-order valence-corrected chi connectivity index (χ4v) is 3.18. The van der Waals surface area contributed by atoms with Crippen molar-refractivity contribution in [2.24, 2.45) is 10.9 Å². The Morgan fingerprint density at radius 3 is 2.62 bits per heavy atom. The molecule has 2 rings (SSSR count). The van der Waals surface area contributed by atoms with Gasteiger partial charge in [-0.25, -0.2) is 0 Å². The van der Waals surface area contributed by atoms with Crippen molar-refractivity contribution in [3.8, 4) is 0 Å². The van der Waals surface area contributed by atoms with Gasteiger partial charge in [0.05, 0.1) is 0 Å². The van der Waals surface area contributed by atoms with Crippen LogP contribution < -0.4 is 10.6 Å². The van der Waals surface area contributed by atoms with Gasteiger partial charge in [0.2, 0.25) is 0 Å². The second kappa shape index (κ2) is 9.67. The van der Waals surface area contributed by atoms with Crippen LogP contribution in [-0.2, 0) is 0 Å². The van der Waals surface area contributed by atoms with E-state index in [-0.39, 0.29) is 0 Å². The maximum absolute atomic E-state index is 4.79. The second-order valence-corrected chi connectivity index (χ2v) is 6.96. The molecule has 2 N–H and O–H groups in total. The molecule has 24 heavy (non-hydrogen) atoms. The van der Waals surface area contributed by atoms with Gasteiger partial charge in [0, 0.05) is 32.1 Å². The van der Waals surface area contributed by atoms with Crippen molar-refractivity contribution in [3.05, 3.63) is 35.4 Å². The standard InChI is InChI=1S/C20H34N4/c1-5-21-20(23-14-18-11-12-24(6-2)15-18)22-13-17(4)19-9-7-16(3)8-10-19/h7-10,17-18H,5-6,11-15H2,1-4H3,(H2,21,22,23). The van der Waals surface area contributed by atoms with Gasteiger partial charge in [-0.05, 0) is 44.8 Å². The molecule has 1 saturated heterocycles. The predicted molar refractivity (Wildman–Crippen MR) is 104 cm³/mol. The molecular weight excluding hydrogens is 296 g/mol. The normalized spacial score (nSPS) is 20.2. The Kier molecular flexibility index (Phi) is 7.57. The van der Waals surface area contributed by atoms with Crippen LogP contribution in [0, 0.1) is 12.8 Å². The second-order valence-electron chi connectivity index (χ2n) is 6.96. The van der Waals surface area contributed by atoms with Crippen molar-refractivity contribution in [1.82, 2.24) is 15.5 Å². The first-order valence-corrected chi connectivity index (χ1v) is 9.43. The number of aliphatic imine (C=N–C) groups is 1.